The number of hydrogen-bond donors (Lipinski definition) is 1. The topological polar surface area (TPSA) is 95.2 Å². The largest absolute Gasteiger partial charge is 0.467 e. The van der Waals surface area contributed by atoms with Gasteiger partial charge in [-0.2, -0.15) is 5.10 Å². The molecule has 8 nitrogen and oxygen atoms in total. The number of hydrazone groups is 1. The zero-order valence-corrected chi connectivity index (χ0v) is 16.6. The van der Waals surface area contributed by atoms with E-state index in [1.807, 2.05) is 12.1 Å². The predicted octanol–water partition coefficient (Wildman–Crippen LogP) is 2.94. The summed E-state index contributed by atoms with van der Waals surface area (Å²) in [4.78, 5) is 38.5. The Balaban J connectivity index is 1.61. The van der Waals surface area contributed by atoms with E-state index in [1.165, 1.54) is 11.3 Å². The van der Waals surface area contributed by atoms with E-state index in [9.17, 15) is 14.4 Å². The molecule has 1 fully saturated rings. The van der Waals surface area contributed by atoms with Crippen LogP contribution in [0.2, 0.25) is 5.02 Å². The Labute approximate surface area is 172 Å². The lowest BCUT2D eigenvalue weighted by atomic mass is 10.0. The number of halogens is 1. The lowest BCUT2D eigenvalue weighted by molar-refractivity contribution is -0.139. The number of carbonyl (C=O) groups excluding carboxylic acids is 3. The van der Waals surface area contributed by atoms with Crippen molar-refractivity contribution in [2.45, 2.75) is 31.8 Å². The number of imide groups is 1. The summed E-state index contributed by atoms with van der Waals surface area (Å²) in [6.07, 6.45) is 1.96. The second kappa shape index (κ2) is 7.04. The second-order valence-electron chi connectivity index (χ2n) is 7.47. The van der Waals surface area contributed by atoms with E-state index < -0.39 is 36.0 Å². The van der Waals surface area contributed by atoms with Gasteiger partial charge in [-0.05, 0) is 43.7 Å². The molecular weight excluding hydrogens is 396 g/mol. The van der Waals surface area contributed by atoms with Crippen molar-refractivity contribution in [1.29, 1.82) is 0 Å². The van der Waals surface area contributed by atoms with Crippen LogP contribution in [0.4, 0.5) is 4.79 Å². The van der Waals surface area contributed by atoms with E-state index in [0.29, 0.717) is 22.9 Å². The van der Waals surface area contributed by atoms with Gasteiger partial charge in [-0.1, -0.05) is 23.7 Å². The molecule has 1 atom stereocenters. The molecule has 0 radical (unpaired) electrons. The van der Waals surface area contributed by atoms with Gasteiger partial charge in [-0.3, -0.25) is 14.5 Å². The van der Waals surface area contributed by atoms with Crippen molar-refractivity contribution in [3.8, 4) is 0 Å². The van der Waals surface area contributed by atoms with Crippen LogP contribution in [0.5, 0.6) is 0 Å². The molecule has 2 aromatic rings. The Bertz CT molecular complexity index is 998. The Morgan fingerprint density at radius 1 is 1.28 bits per heavy atom. The van der Waals surface area contributed by atoms with Gasteiger partial charge in [0, 0.05) is 11.4 Å². The number of nitrogens with zero attached hydrogens (tertiary/aromatic N) is 3. The molecular formula is C20H19ClN4O4. The van der Waals surface area contributed by atoms with E-state index in [-0.39, 0.29) is 0 Å². The van der Waals surface area contributed by atoms with Crippen LogP contribution in [0.25, 0.3) is 0 Å². The fourth-order valence-electron chi connectivity index (χ4n) is 3.43. The molecule has 0 saturated carbocycles. The fraction of sp³-hybridized carbons (Fsp3) is 0.300. The Morgan fingerprint density at radius 3 is 2.59 bits per heavy atom. The van der Waals surface area contributed by atoms with Gasteiger partial charge in [0.15, 0.2) is 0 Å². The first kappa shape index (κ1) is 19.2. The van der Waals surface area contributed by atoms with Crippen LogP contribution < -0.4 is 5.32 Å². The quantitative estimate of drug-likeness (QED) is 0.778. The molecule has 1 N–H and O–H groups in total. The number of furan rings is 1. The molecule has 2 aliphatic rings. The highest BCUT2D eigenvalue weighted by molar-refractivity contribution is 6.30. The van der Waals surface area contributed by atoms with Gasteiger partial charge >= 0.3 is 6.03 Å². The zero-order valence-electron chi connectivity index (χ0n) is 15.9. The van der Waals surface area contributed by atoms with Gasteiger partial charge in [0.1, 0.15) is 23.9 Å². The number of rotatable bonds is 4. The van der Waals surface area contributed by atoms with E-state index in [0.717, 1.165) is 10.5 Å². The van der Waals surface area contributed by atoms with Crippen molar-refractivity contribution in [3.05, 3.63) is 59.0 Å². The summed E-state index contributed by atoms with van der Waals surface area (Å²) in [7, 11) is 0. The average Bonchev–Trinajstić information content (AvgIpc) is 3.38. The monoisotopic (exact) mass is 414 g/mol. The molecule has 1 aromatic carbocycles. The number of carbonyl (C=O) groups is 3. The Hall–Kier alpha value is -3.13. The highest BCUT2D eigenvalue weighted by Gasteiger charge is 2.46. The number of nitrogens with one attached hydrogen (secondary N) is 1. The molecule has 9 heteroatoms. The van der Waals surface area contributed by atoms with E-state index in [2.05, 4.69) is 10.4 Å². The zero-order chi connectivity index (χ0) is 20.8. The molecule has 29 heavy (non-hydrogen) atoms. The molecule has 150 valence electrons. The standard InChI is InChI=1S/C20H19ClN4O4/c1-20(2)18(27)24(19(28)22-20)11-17(26)25-15(16-4-3-9-29-16)10-14(23-25)12-5-7-13(21)8-6-12/h3-9,15H,10-11H2,1-2H3,(H,22,28)/t15-/m1/s1. The first-order valence-corrected chi connectivity index (χ1v) is 9.47. The van der Waals surface area contributed by atoms with E-state index in [4.69, 9.17) is 16.0 Å². The minimum atomic E-state index is -1.04. The lowest BCUT2D eigenvalue weighted by Crippen LogP contribution is -2.43. The van der Waals surface area contributed by atoms with Crippen molar-refractivity contribution in [1.82, 2.24) is 15.2 Å². The van der Waals surface area contributed by atoms with Crippen LogP contribution in [0.1, 0.15) is 37.6 Å². The third-order valence-electron chi connectivity index (χ3n) is 4.95. The van der Waals surface area contributed by atoms with E-state index in [1.54, 1.807) is 38.1 Å². The molecule has 0 bridgehead atoms. The van der Waals surface area contributed by atoms with Crippen LogP contribution >= 0.6 is 11.6 Å². The molecule has 3 heterocycles. The van der Waals surface area contributed by atoms with Gasteiger partial charge in [0.25, 0.3) is 11.8 Å². The van der Waals surface area contributed by atoms with Gasteiger partial charge in [-0.25, -0.2) is 9.80 Å². The third-order valence-corrected chi connectivity index (χ3v) is 5.20. The molecule has 4 amide bonds. The molecule has 2 aliphatic heterocycles. The highest BCUT2D eigenvalue weighted by Crippen LogP contribution is 2.33. The summed E-state index contributed by atoms with van der Waals surface area (Å²) in [5.41, 5.74) is 0.479. The smallest absolute Gasteiger partial charge is 0.325 e. The van der Waals surface area contributed by atoms with Crippen molar-refractivity contribution >= 4 is 35.2 Å². The maximum Gasteiger partial charge on any atom is 0.325 e. The fourth-order valence-corrected chi connectivity index (χ4v) is 3.55. The summed E-state index contributed by atoms with van der Waals surface area (Å²) in [6.45, 7) is 2.79. The van der Waals surface area contributed by atoms with Crippen LogP contribution in [0.15, 0.2) is 52.2 Å². The third kappa shape index (κ3) is 3.51. The summed E-state index contributed by atoms with van der Waals surface area (Å²) >= 11 is 5.96. The maximum atomic E-state index is 13.0. The van der Waals surface area contributed by atoms with Crippen molar-refractivity contribution < 1.29 is 18.8 Å². The SMILES string of the molecule is CC1(C)NC(=O)N(CC(=O)N2N=C(c3ccc(Cl)cc3)C[C@@H]2c2ccco2)C1=O. The Morgan fingerprint density at radius 2 is 2.00 bits per heavy atom. The highest BCUT2D eigenvalue weighted by atomic mass is 35.5. The average molecular weight is 415 g/mol. The Kier molecular flexibility index (Phi) is 4.66. The van der Waals surface area contributed by atoms with Crippen LogP contribution in [0.3, 0.4) is 0 Å². The van der Waals surface area contributed by atoms with Crippen molar-refractivity contribution in [3.63, 3.8) is 0 Å². The first-order chi connectivity index (χ1) is 13.8. The van der Waals surface area contributed by atoms with Crippen LogP contribution in [0, 0.1) is 0 Å². The van der Waals surface area contributed by atoms with Crippen LogP contribution in [-0.4, -0.2) is 45.5 Å². The minimum Gasteiger partial charge on any atom is -0.467 e. The molecule has 1 saturated heterocycles. The molecule has 0 spiro atoms. The van der Waals surface area contributed by atoms with Crippen LogP contribution in [-0.2, 0) is 9.59 Å². The van der Waals surface area contributed by atoms with Gasteiger partial charge in [0.05, 0.1) is 12.0 Å². The molecule has 0 unspecified atom stereocenters. The van der Waals surface area contributed by atoms with Crippen molar-refractivity contribution in [2.24, 2.45) is 5.10 Å². The summed E-state index contributed by atoms with van der Waals surface area (Å²) in [6, 6.07) is 9.60. The second-order valence-corrected chi connectivity index (χ2v) is 7.91. The van der Waals surface area contributed by atoms with Crippen molar-refractivity contribution in [2.75, 3.05) is 6.54 Å². The summed E-state index contributed by atoms with van der Waals surface area (Å²) < 4.78 is 5.50. The number of urea groups is 1. The number of benzene rings is 1. The van der Waals surface area contributed by atoms with Gasteiger partial charge in [-0.15, -0.1) is 0 Å². The van der Waals surface area contributed by atoms with Gasteiger partial charge < -0.3 is 9.73 Å². The molecule has 0 aliphatic carbocycles. The van der Waals surface area contributed by atoms with E-state index >= 15 is 0 Å². The maximum absolute atomic E-state index is 13.0. The minimum absolute atomic E-state index is 0.400. The number of amides is 4. The number of hydrogen-bond acceptors (Lipinski definition) is 5. The lowest BCUT2D eigenvalue weighted by Gasteiger charge is -2.22. The summed E-state index contributed by atoms with van der Waals surface area (Å²) in [5.74, 6) is -0.355. The predicted molar refractivity (Wildman–Crippen MR) is 105 cm³/mol. The normalized spacial score (nSPS) is 20.8. The summed E-state index contributed by atoms with van der Waals surface area (Å²) in [5, 5.41) is 8.94. The van der Waals surface area contributed by atoms with Gasteiger partial charge in [0.2, 0.25) is 0 Å². The molecule has 4 rings (SSSR count). The first-order valence-electron chi connectivity index (χ1n) is 9.09. The molecule has 1 aromatic heterocycles.